The van der Waals surface area contributed by atoms with Crippen LogP contribution in [0.15, 0.2) is 60.7 Å². The minimum absolute atomic E-state index is 0.0563. The van der Waals surface area contributed by atoms with Gasteiger partial charge in [0.2, 0.25) is 29.5 Å². The number of hydrogen-bond donors (Lipinski definition) is 6. The number of hydrogen-bond acceptors (Lipinski definition) is 7. The minimum Gasteiger partial charge on any atom is -0.444 e. The smallest absolute Gasteiger partial charge is 0.408 e. The predicted octanol–water partition coefficient (Wildman–Crippen LogP) is 1.10. The van der Waals surface area contributed by atoms with Crippen molar-refractivity contribution in [2.45, 2.75) is 77.6 Å². The fourth-order valence-corrected chi connectivity index (χ4v) is 4.33. The molecule has 0 saturated heterocycles. The highest BCUT2D eigenvalue weighted by atomic mass is 16.6. The van der Waals surface area contributed by atoms with E-state index in [1.165, 1.54) is 0 Å². The average molecular weight is 639 g/mol. The van der Waals surface area contributed by atoms with Gasteiger partial charge in [-0.05, 0) is 44.2 Å². The van der Waals surface area contributed by atoms with Gasteiger partial charge in [0.15, 0.2) is 0 Å². The first-order chi connectivity index (χ1) is 21.6. The van der Waals surface area contributed by atoms with Crippen molar-refractivity contribution in [3.05, 3.63) is 71.8 Å². The summed E-state index contributed by atoms with van der Waals surface area (Å²) >= 11 is 0. The summed E-state index contributed by atoms with van der Waals surface area (Å²) in [6.45, 7) is 7.92. The van der Waals surface area contributed by atoms with Crippen LogP contribution in [0.4, 0.5) is 4.79 Å². The van der Waals surface area contributed by atoms with Gasteiger partial charge in [0.25, 0.3) is 0 Å². The van der Waals surface area contributed by atoms with Crippen LogP contribution in [0.5, 0.6) is 0 Å². The molecule has 0 bridgehead atoms. The summed E-state index contributed by atoms with van der Waals surface area (Å²) in [4.78, 5) is 75.7. The molecule has 13 heteroatoms. The molecule has 2 aromatic rings. The van der Waals surface area contributed by atoms with E-state index in [1.807, 2.05) is 26.0 Å². The Kier molecular flexibility index (Phi) is 14.7. The third-order valence-electron chi connectivity index (χ3n) is 6.46. The molecule has 2 rings (SSSR count). The van der Waals surface area contributed by atoms with Crippen LogP contribution in [0.3, 0.4) is 0 Å². The summed E-state index contributed by atoms with van der Waals surface area (Å²) in [6, 6.07) is 15.0. The average Bonchev–Trinajstić information content (AvgIpc) is 2.97. The van der Waals surface area contributed by atoms with Gasteiger partial charge in [-0.1, -0.05) is 74.5 Å². The number of amides is 6. The number of ether oxygens (including phenoxy) is 1. The Bertz CT molecular complexity index is 1330. The third-order valence-corrected chi connectivity index (χ3v) is 6.46. The Morgan fingerprint density at radius 1 is 0.674 bits per heavy atom. The molecule has 3 atom stereocenters. The van der Waals surface area contributed by atoms with Crippen LogP contribution in [-0.2, 0) is 41.6 Å². The molecule has 0 fully saturated rings. The summed E-state index contributed by atoms with van der Waals surface area (Å²) in [7, 11) is 0. The van der Waals surface area contributed by atoms with Gasteiger partial charge < -0.3 is 37.1 Å². The fourth-order valence-electron chi connectivity index (χ4n) is 4.33. The fraction of sp³-hybridized carbons (Fsp3) is 0.455. The lowest BCUT2D eigenvalue weighted by Crippen LogP contribution is -2.55. The second-order valence-corrected chi connectivity index (χ2v) is 12.3. The molecule has 0 aliphatic heterocycles. The van der Waals surface area contributed by atoms with Crippen LogP contribution >= 0.6 is 0 Å². The quantitative estimate of drug-likeness (QED) is 0.158. The van der Waals surface area contributed by atoms with E-state index in [-0.39, 0.29) is 18.8 Å². The van der Waals surface area contributed by atoms with Gasteiger partial charge in [0.1, 0.15) is 23.7 Å². The van der Waals surface area contributed by atoms with Gasteiger partial charge >= 0.3 is 6.09 Å². The Morgan fingerprint density at radius 3 is 1.70 bits per heavy atom. The van der Waals surface area contributed by atoms with Crippen molar-refractivity contribution >= 4 is 35.6 Å². The predicted molar refractivity (Wildman–Crippen MR) is 172 cm³/mol. The molecule has 250 valence electrons. The van der Waals surface area contributed by atoms with Crippen molar-refractivity contribution < 1.29 is 33.5 Å². The molecule has 7 N–H and O–H groups in total. The van der Waals surface area contributed by atoms with Crippen LogP contribution in [0.25, 0.3) is 0 Å². The molecule has 0 saturated carbocycles. The Labute approximate surface area is 269 Å². The van der Waals surface area contributed by atoms with E-state index in [2.05, 4.69) is 26.6 Å². The van der Waals surface area contributed by atoms with Crippen molar-refractivity contribution in [3.8, 4) is 0 Å². The zero-order valence-corrected chi connectivity index (χ0v) is 27.1. The van der Waals surface area contributed by atoms with Gasteiger partial charge in [0.05, 0.1) is 13.1 Å². The van der Waals surface area contributed by atoms with Gasteiger partial charge in [0, 0.05) is 12.8 Å². The molecule has 13 nitrogen and oxygen atoms in total. The number of carbonyl (C=O) groups excluding carboxylic acids is 6. The summed E-state index contributed by atoms with van der Waals surface area (Å²) in [5.41, 5.74) is 6.35. The van der Waals surface area contributed by atoms with Crippen molar-refractivity contribution in [1.29, 1.82) is 0 Å². The van der Waals surface area contributed by atoms with Crippen molar-refractivity contribution in [2.24, 2.45) is 11.7 Å². The van der Waals surface area contributed by atoms with Crippen LogP contribution in [0, 0.1) is 5.92 Å². The molecule has 0 unspecified atom stereocenters. The van der Waals surface area contributed by atoms with Crippen LogP contribution in [0.1, 0.15) is 52.2 Å². The summed E-state index contributed by atoms with van der Waals surface area (Å²) in [6.07, 6.45) is -0.171. The number of nitrogens with two attached hydrogens (primary N) is 1. The van der Waals surface area contributed by atoms with Gasteiger partial charge in [-0.25, -0.2) is 4.79 Å². The molecule has 0 spiro atoms. The molecule has 0 aliphatic rings. The molecule has 6 amide bonds. The van der Waals surface area contributed by atoms with E-state index in [1.54, 1.807) is 69.3 Å². The van der Waals surface area contributed by atoms with Crippen molar-refractivity contribution in [2.75, 3.05) is 13.1 Å². The summed E-state index contributed by atoms with van der Waals surface area (Å²) < 4.78 is 5.23. The highest BCUT2D eigenvalue weighted by Crippen LogP contribution is 2.10. The second kappa shape index (κ2) is 18.1. The first-order valence-corrected chi connectivity index (χ1v) is 15.1. The number of benzene rings is 2. The number of nitrogens with one attached hydrogen (secondary N) is 5. The minimum atomic E-state index is -1.08. The number of alkyl carbamates (subject to hydrolysis) is 1. The van der Waals surface area contributed by atoms with Crippen LogP contribution in [0.2, 0.25) is 0 Å². The van der Waals surface area contributed by atoms with Crippen molar-refractivity contribution in [3.63, 3.8) is 0 Å². The van der Waals surface area contributed by atoms with Gasteiger partial charge in [-0.2, -0.15) is 0 Å². The summed E-state index contributed by atoms with van der Waals surface area (Å²) in [5, 5.41) is 12.6. The molecule has 46 heavy (non-hydrogen) atoms. The van der Waals surface area contributed by atoms with Crippen molar-refractivity contribution in [1.82, 2.24) is 26.6 Å². The second-order valence-electron chi connectivity index (χ2n) is 12.3. The Morgan fingerprint density at radius 2 is 1.20 bits per heavy atom. The maximum Gasteiger partial charge on any atom is 0.408 e. The first kappa shape index (κ1) is 37.2. The number of primary amides is 1. The molecule has 0 aromatic heterocycles. The normalized spacial score (nSPS) is 13.0. The molecule has 0 radical (unpaired) electrons. The van der Waals surface area contributed by atoms with Crippen LogP contribution in [-0.4, -0.2) is 72.4 Å². The van der Waals surface area contributed by atoms with E-state index in [0.717, 1.165) is 11.1 Å². The van der Waals surface area contributed by atoms with Crippen LogP contribution < -0.4 is 32.3 Å². The van der Waals surface area contributed by atoms with E-state index in [4.69, 9.17) is 10.5 Å². The topological polar surface area (TPSA) is 198 Å². The SMILES string of the molecule is CC(C)C[C@H](NC(=O)OC(C)(C)C)C(=O)NCC(=O)NCC(=O)N[C@H](Cc1ccccc1)C(=O)N[C@@H](Cc1ccccc1)C(N)=O. The monoisotopic (exact) mass is 638 g/mol. The highest BCUT2D eigenvalue weighted by Gasteiger charge is 2.27. The Hall–Kier alpha value is -4.94. The lowest BCUT2D eigenvalue weighted by molar-refractivity contribution is -0.131. The zero-order valence-electron chi connectivity index (χ0n) is 27.1. The lowest BCUT2D eigenvalue weighted by Gasteiger charge is -2.24. The van der Waals surface area contributed by atoms with E-state index >= 15 is 0 Å². The zero-order chi connectivity index (χ0) is 34.3. The van der Waals surface area contributed by atoms with Gasteiger partial charge in [-0.15, -0.1) is 0 Å². The third kappa shape index (κ3) is 14.7. The number of carbonyl (C=O) groups is 6. The largest absolute Gasteiger partial charge is 0.444 e. The maximum absolute atomic E-state index is 13.3. The maximum atomic E-state index is 13.3. The summed E-state index contributed by atoms with van der Waals surface area (Å²) in [5.74, 6) is -3.21. The number of rotatable bonds is 16. The molecule has 0 aliphatic carbocycles. The molecule has 0 heterocycles. The van der Waals surface area contributed by atoms with E-state index < -0.39 is 72.4 Å². The van der Waals surface area contributed by atoms with E-state index in [9.17, 15) is 28.8 Å². The highest BCUT2D eigenvalue weighted by molar-refractivity contribution is 5.94. The molecular weight excluding hydrogens is 592 g/mol. The Balaban J connectivity index is 1.98. The molecule has 2 aromatic carbocycles. The van der Waals surface area contributed by atoms with E-state index in [0.29, 0.717) is 6.42 Å². The first-order valence-electron chi connectivity index (χ1n) is 15.1. The molecular formula is C33H46N6O7. The standard InChI is InChI=1S/C33H46N6O7/c1-21(2)16-25(39-32(45)46-33(3,4)5)30(43)36-19-27(40)35-20-28(41)37-26(18-23-14-10-7-11-15-23)31(44)38-24(29(34)42)17-22-12-8-6-9-13-22/h6-15,21,24-26H,16-20H2,1-5H3,(H2,34,42)(H,35,40)(H,36,43)(H,37,41)(H,38,44)(H,39,45)/t24-,25-,26+/m0/s1. The lowest BCUT2D eigenvalue weighted by atomic mass is 10.0. The van der Waals surface area contributed by atoms with Gasteiger partial charge in [-0.3, -0.25) is 24.0 Å².